The van der Waals surface area contributed by atoms with Gasteiger partial charge >= 0.3 is 0 Å². The van der Waals surface area contributed by atoms with Crippen LogP contribution in [0.1, 0.15) is 51.5 Å². The molecule has 3 nitrogen and oxygen atoms in total. The highest BCUT2D eigenvalue weighted by molar-refractivity contribution is 5.97. The predicted molar refractivity (Wildman–Crippen MR) is 86.7 cm³/mol. The summed E-state index contributed by atoms with van der Waals surface area (Å²) in [7, 11) is 0. The third-order valence-corrected chi connectivity index (χ3v) is 3.93. The topological polar surface area (TPSA) is 41.1 Å². The highest BCUT2D eigenvalue weighted by atomic mass is 35.5. The summed E-state index contributed by atoms with van der Waals surface area (Å²) in [4.78, 5) is 12.4. The van der Waals surface area contributed by atoms with Crippen molar-refractivity contribution >= 4 is 24.0 Å². The molecular formula is C16H25ClN2O. The van der Waals surface area contributed by atoms with Crippen LogP contribution in [0.2, 0.25) is 0 Å². The van der Waals surface area contributed by atoms with E-state index in [0.29, 0.717) is 5.92 Å². The maximum Gasteiger partial charge on any atom is 0.244 e. The van der Waals surface area contributed by atoms with Gasteiger partial charge in [-0.1, -0.05) is 26.0 Å². The molecule has 0 aromatic heterocycles. The number of amides is 1. The summed E-state index contributed by atoms with van der Waals surface area (Å²) >= 11 is 0. The Hall–Kier alpha value is -1.06. The summed E-state index contributed by atoms with van der Waals surface area (Å²) in [6, 6.07) is 8.12. The van der Waals surface area contributed by atoms with Crippen LogP contribution in [0.25, 0.3) is 0 Å². The fourth-order valence-corrected chi connectivity index (χ4v) is 2.49. The number of rotatable bonds is 3. The monoisotopic (exact) mass is 296 g/mol. The summed E-state index contributed by atoms with van der Waals surface area (Å²) in [6.45, 7) is 7.24. The average molecular weight is 297 g/mol. The van der Waals surface area contributed by atoms with E-state index < -0.39 is 5.54 Å². The van der Waals surface area contributed by atoms with Crippen molar-refractivity contribution in [3.63, 3.8) is 0 Å². The Bertz CT molecular complexity index is 454. The van der Waals surface area contributed by atoms with E-state index in [-0.39, 0.29) is 18.3 Å². The number of piperidine rings is 1. The third kappa shape index (κ3) is 3.97. The van der Waals surface area contributed by atoms with Crippen LogP contribution in [0.5, 0.6) is 0 Å². The first-order valence-corrected chi connectivity index (χ1v) is 7.18. The van der Waals surface area contributed by atoms with E-state index in [9.17, 15) is 4.79 Å². The van der Waals surface area contributed by atoms with Crippen LogP contribution in [-0.4, -0.2) is 18.0 Å². The minimum absolute atomic E-state index is 0. The predicted octanol–water partition coefficient (Wildman–Crippen LogP) is 3.70. The lowest BCUT2D eigenvalue weighted by atomic mass is 9.90. The highest BCUT2D eigenvalue weighted by Crippen LogP contribution is 2.23. The second-order valence-corrected chi connectivity index (χ2v) is 5.95. The van der Waals surface area contributed by atoms with E-state index in [1.807, 2.05) is 19.1 Å². The normalized spacial score (nSPS) is 22.2. The van der Waals surface area contributed by atoms with Gasteiger partial charge in [-0.3, -0.25) is 4.79 Å². The van der Waals surface area contributed by atoms with Gasteiger partial charge in [0.25, 0.3) is 0 Å². The SMILES string of the molecule is CC(C)c1cccc(NC(=O)C2(C)CCCCN2)c1.Cl. The van der Waals surface area contributed by atoms with Crippen LogP contribution in [0.15, 0.2) is 24.3 Å². The maximum atomic E-state index is 12.4. The maximum absolute atomic E-state index is 12.4. The van der Waals surface area contributed by atoms with Gasteiger partial charge in [0.05, 0.1) is 5.54 Å². The second-order valence-electron chi connectivity index (χ2n) is 5.95. The molecular weight excluding hydrogens is 272 g/mol. The molecule has 1 aromatic carbocycles. The molecule has 2 N–H and O–H groups in total. The summed E-state index contributed by atoms with van der Waals surface area (Å²) in [5.74, 6) is 0.549. The van der Waals surface area contributed by atoms with Crippen LogP contribution < -0.4 is 10.6 Å². The van der Waals surface area contributed by atoms with Crippen molar-refractivity contribution in [2.24, 2.45) is 0 Å². The molecule has 0 radical (unpaired) electrons. The van der Waals surface area contributed by atoms with Gasteiger partial charge in [0.1, 0.15) is 0 Å². The first kappa shape index (κ1) is 17.0. The number of halogens is 1. The molecule has 1 heterocycles. The second kappa shape index (κ2) is 7.09. The van der Waals surface area contributed by atoms with Crippen molar-refractivity contribution in [2.75, 3.05) is 11.9 Å². The molecule has 1 unspecified atom stereocenters. The minimum atomic E-state index is -0.425. The van der Waals surface area contributed by atoms with Crippen LogP contribution in [0.3, 0.4) is 0 Å². The van der Waals surface area contributed by atoms with Crippen LogP contribution >= 0.6 is 12.4 Å². The summed E-state index contributed by atoms with van der Waals surface area (Å²) < 4.78 is 0. The Balaban J connectivity index is 0.00000200. The lowest BCUT2D eigenvalue weighted by Gasteiger charge is -2.33. The molecule has 0 bridgehead atoms. The van der Waals surface area contributed by atoms with Crippen molar-refractivity contribution in [3.05, 3.63) is 29.8 Å². The van der Waals surface area contributed by atoms with Gasteiger partial charge in [0.15, 0.2) is 0 Å². The molecule has 1 atom stereocenters. The fraction of sp³-hybridized carbons (Fsp3) is 0.562. The lowest BCUT2D eigenvalue weighted by molar-refractivity contribution is -0.122. The van der Waals surface area contributed by atoms with Gasteiger partial charge in [0.2, 0.25) is 5.91 Å². The fourth-order valence-electron chi connectivity index (χ4n) is 2.49. The van der Waals surface area contributed by atoms with Crippen LogP contribution in [0.4, 0.5) is 5.69 Å². The minimum Gasteiger partial charge on any atom is -0.324 e. The highest BCUT2D eigenvalue weighted by Gasteiger charge is 2.34. The summed E-state index contributed by atoms with van der Waals surface area (Å²) in [6.07, 6.45) is 3.18. The van der Waals surface area contributed by atoms with Crippen molar-refractivity contribution < 1.29 is 4.79 Å². The molecule has 2 rings (SSSR count). The Morgan fingerprint density at radius 1 is 1.35 bits per heavy atom. The number of anilines is 1. The summed E-state index contributed by atoms with van der Waals surface area (Å²) in [5, 5.41) is 6.39. The largest absolute Gasteiger partial charge is 0.324 e. The Labute approximate surface area is 127 Å². The summed E-state index contributed by atoms with van der Waals surface area (Å²) in [5.41, 5.74) is 1.72. The molecule has 1 fully saturated rings. The molecule has 1 aliphatic rings. The Kier molecular flexibility index (Phi) is 6.03. The quantitative estimate of drug-likeness (QED) is 0.893. The molecule has 0 spiro atoms. The van der Waals surface area contributed by atoms with Crippen LogP contribution in [0, 0.1) is 0 Å². The van der Waals surface area contributed by atoms with Crippen molar-refractivity contribution in [1.82, 2.24) is 5.32 Å². The van der Waals surface area contributed by atoms with E-state index in [2.05, 4.69) is 36.6 Å². The van der Waals surface area contributed by atoms with Crippen molar-refractivity contribution in [3.8, 4) is 0 Å². The van der Waals surface area contributed by atoms with Gasteiger partial charge in [-0.25, -0.2) is 0 Å². The molecule has 112 valence electrons. The number of benzene rings is 1. The van der Waals surface area contributed by atoms with E-state index >= 15 is 0 Å². The molecule has 4 heteroatoms. The van der Waals surface area contributed by atoms with Crippen molar-refractivity contribution in [1.29, 1.82) is 0 Å². The third-order valence-electron chi connectivity index (χ3n) is 3.93. The zero-order valence-corrected chi connectivity index (χ0v) is 13.3. The Morgan fingerprint density at radius 3 is 2.70 bits per heavy atom. The lowest BCUT2D eigenvalue weighted by Crippen LogP contribution is -2.54. The number of nitrogens with one attached hydrogen (secondary N) is 2. The van der Waals surface area contributed by atoms with E-state index in [0.717, 1.165) is 31.5 Å². The molecule has 0 saturated carbocycles. The zero-order chi connectivity index (χ0) is 13.9. The number of carbonyl (C=O) groups is 1. The average Bonchev–Trinajstić information content (AvgIpc) is 2.40. The van der Waals surface area contributed by atoms with Gasteiger partial charge in [-0.2, -0.15) is 0 Å². The standard InChI is InChI=1S/C16H24N2O.ClH/c1-12(2)13-7-6-8-14(11-13)18-15(19)16(3)9-4-5-10-17-16;/h6-8,11-12,17H,4-5,9-10H2,1-3H3,(H,18,19);1H. The van der Waals surface area contributed by atoms with E-state index in [1.54, 1.807) is 0 Å². The molecule has 20 heavy (non-hydrogen) atoms. The first-order valence-electron chi connectivity index (χ1n) is 7.18. The van der Waals surface area contributed by atoms with Gasteiger partial charge < -0.3 is 10.6 Å². The van der Waals surface area contributed by atoms with Crippen LogP contribution in [-0.2, 0) is 4.79 Å². The first-order chi connectivity index (χ1) is 9.01. The van der Waals surface area contributed by atoms with Gasteiger partial charge in [0, 0.05) is 5.69 Å². The van der Waals surface area contributed by atoms with Crippen molar-refractivity contribution in [2.45, 2.75) is 51.5 Å². The van der Waals surface area contributed by atoms with E-state index in [4.69, 9.17) is 0 Å². The molecule has 1 aromatic rings. The number of hydrogen-bond donors (Lipinski definition) is 2. The Morgan fingerprint density at radius 2 is 2.10 bits per heavy atom. The number of carbonyl (C=O) groups excluding carboxylic acids is 1. The number of hydrogen-bond acceptors (Lipinski definition) is 2. The smallest absolute Gasteiger partial charge is 0.244 e. The molecule has 1 aliphatic heterocycles. The molecule has 1 amide bonds. The molecule has 0 aliphatic carbocycles. The van der Waals surface area contributed by atoms with Gasteiger partial charge in [-0.05, 0) is 56.3 Å². The van der Waals surface area contributed by atoms with Gasteiger partial charge in [-0.15, -0.1) is 12.4 Å². The molecule has 1 saturated heterocycles. The van der Waals surface area contributed by atoms with E-state index in [1.165, 1.54) is 5.56 Å². The zero-order valence-electron chi connectivity index (χ0n) is 12.5.